The molecule has 1 N–H and O–H groups in total. The Morgan fingerprint density at radius 2 is 2.22 bits per heavy atom. The van der Waals surface area contributed by atoms with Crippen LogP contribution in [0.4, 0.5) is 5.69 Å². The first-order chi connectivity index (χ1) is 8.56. The summed E-state index contributed by atoms with van der Waals surface area (Å²) in [5.74, 6) is 0. The van der Waals surface area contributed by atoms with Gasteiger partial charge in [0.05, 0.1) is 11.6 Å². The largest absolute Gasteiger partial charge is 0.366 e. The highest BCUT2D eigenvalue weighted by Crippen LogP contribution is 2.32. The van der Waals surface area contributed by atoms with Crippen LogP contribution in [0.5, 0.6) is 0 Å². The Kier molecular flexibility index (Phi) is 3.58. The summed E-state index contributed by atoms with van der Waals surface area (Å²) in [6, 6.07) is 10.7. The van der Waals surface area contributed by atoms with E-state index in [1.807, 2.05) is 25.2 Å². The molecule has 1 atom stereocenters. The van der Waals surface area contributed by atoms with E-state index < -0.39 is 0 Å². The Morgan fingerprint density at radius 1 is 1.44 bits per heavy atom. The molecule has 1 unspecified atom stereocenters. The molecule has 0 aromatic heterocycles. The van der Waals surface area contributed by atoms with Crippen LogP contribution in [0.1, 0.15) is 32.3 Å². The van der Waals surface area contributed by atoms with Gasteiger partial charge in [0.15, 0.2) is 0 Å². The zero-order chi connectivity index (χ0) is 13.2. The molecule has 2 rings (SSSR count). The van der Waals surface area contributed by atoms with E-state index in [4.69, 9.17) is 5.26 Å². The third kappa shape index (κ3) is 2.49. The van der Waals surface area contributed by atoms with E-state index >= 15 is 0 Å². The van der Waals surface area contributed by atoms with Gasteiger partial charge in [0.1, 0.15) is 0 Å². The number of hydrogen-bond donors (Lipinski definition) is 1. The number of piperidine rings is 1. The summed E-state index contributed by atoms with van der Waals surface area (Å²) in [6.07, 6.45) is 2.27. The molecular weight excluding hydrogens is 222 g/mol. The Hall–Kier alpha value is -1.53. The highest BCUT2D eigenvalue weighted by Gasteiger charge is 2.34. The summed E-state index contributed by atoms with van der Waals surface area (Å²) in [5.41, 5.74) is 2.02. The third-order valence-corrected chi connectivity index (χ3v) is 3.87. The van der Waals surface area contributed by atoms with Crippen LogP contribution in [0.3, 0.4) is 0 Å². The number of nitriles is 1. The molecule has 1 aromatic carbocycles. The van der Waals surface area contributed by atoms with Gasteiger partial charge in [0.25, 0.3) is 0 Å². The number of hydrogen-bond acceptors (Lipinski definition) is 3. The Morgan fingerprint density at radius 3 is 2.83 bits per heavy atom. The van der Waals surface area contributed by atoms with Crippen molar-refractivity contribution < 1.29 is 0 Å². The van der Waals surface area contributed by atoms with Crippen molar-refractivity contribution in [2.75, 3.05) is 18.5 Å². The summed E-state index contributed by atoms with van der Waals surface area (Å²) < 4.78 is 0. The monoisotopic (exact) mass is 243 g/mol. The van der Waals surface area contributed by atoms with Crippen molar-refractivity contribution >= 4 is 5.69 Å². The lowest BCUT2D eigenvalue weighted by Crippen LogP contribution is -2.54. The summed E-state index contributed by atoms with van der Waals surface area (Å²) in [7, 11) is 2.03. The van der Waals surface area contributed by atoms with Gasteiger partial charge in [-0.05, 0) is 51.9 Å². The maximum Gasteiger partial charge on any atom is 0.0992 e. The second kappa shape index (κ2) is 4.99. The topological polar surface area (TPSA) is 39.1 Å². The predicted octanol–water partition coefficient (Wildman–Crippen LogP) is 2.53. The van der Waals surface area contributed by atoms with Gasteiger partial charge in [0.2, 0.25) is 0 Å². The van der Waals surface area contributed by atoms with Crippen LogP contribution in [-0.2, 0) is 0 Å². The number of nitrogens with zero attached hydrogens (tertiary/aromatic N) is 2. The molecular formula is C15H21N3. The average molecular weight is 243 g/mol. The normalized spacial score (nSPS) is 22.6. The van der Waals surface area contributed by atoms with Crippen LogP contribution in [0.15, 0.2) is 24.3 Å². The van der Waals surface area contributed by atoms with Crippen LogP contribution < -0.4 is 10.2 Å². The number of benzene rings is 1. The van der Waals surface area contributed by atoms with Gasteiger partial charge in [-0.3, -0.25) is 0 Å². The summed E-state index contributed by atoms with van der Waals surface area (Å²) in [6.45, 7) is 5.58. The first kappa shape index (κ1) is 12.9. The lowest BCUT2D eigenvalue weighted by Gasteiger charge is -2.47. The fraction of sp³-hybridized carbons (Fsp3) is 0.533. The highest BCUT2D eigenvalue weighted by molar-refractivity contribution is 5.53. The molecule has 3 heteroatoms. The molecule has 1 aromatic rings. The summed E-state index contributed by atoms with van der Waals surface area (Å²) in [4.78, 5) is 2.42. The van der Waals surface area contributed by atoms with Crippen molar-refractivity contribution in [3.63, 3.8) is 0 Å². The van der Waals surface area contributed by atoms with E-state index in [-0.39, 0.29) is 5.54 Å². The number of nitrogens with one attached hydrogen (secondary N) is 1. The van der Waals surface area contributed by atoms with Gasteiger partial charge in [-0.2, -0.15) is 5.26 Å². The van der Waals surface area contributed by atoms with E-state index in [9.17, 15) is 0 Å². The zero-order valence-corrected chi connectivity index (χ0v) is 11.4. The minimum atomic E-state index is 0.125. The van der Waals surface area contributed by atoms with Crippen molar-refractivity contribution in [2.45, 2.75) is 38.3 Å². The van der Waals surface area contributed by atoms with Crippen LogP contribution in [-0.4, -0.2) is 25.2 Å². The third-order valence-electron chi connectivity index (χ3n) is 3.87. The van der Waals surface area contributed by atoms with Crippen molar-refractivity contribution in [2.24, 2.45) is 0 Å². The van der Waals surface area contributed by atoms with Gasteiger partial charge >= 0.3 is 0 Å². The number of anilines is 1. The van der Waals surface area contributed by atoms with Gasteiger partial charge < -0.3 is 10.2 Å². The second-order valence-corrected chi connectivity index (χ2v) is 5.60. The molecule has 1 heterocycles. The van der Waals surface area contributed by atoms with Gasteiger partial charge in [-0.1, -0.05) is 6.07 Å². The fourth-order valence-electron chi connectivity index (χ4n) is 2.87. The van der Waals surface area contributed by atoms with Gasteiger partial charge in [0, 0.05) is 23.8 Å². The average Bonchev–Trinajstić information content (AvgIpc) is 2.37. The molecule has 1 aliphatic rings. The lowest BCUT2D eigenvalue weighted by atomic mass is 9.86. The second-order valence-electron chi connectivity index (χ2n) is 5.60. The number of rotatable bonds is 2. The maximum absolute atomic E-state index is 8.99. The summed E-state index contributed by atoms with van der Waals surface area (Å²) in [5, 5.41) is 12.4. The van der Waals surface area contributed by atoms with E-state index in [0.29, 0.717) is 6.04 Å². The van der Waals surface area contributed by atoms with Crippen LogP contribution in [0, 0.1) is 11.3 Å². The highest BCUT2D eigenvalue weighted by atomic mass is 15.2. The molecule has 18 heavy (non-hydrogen) atoms. The molecule has 0 saturated carbocycles. The predicted molar refractivity (Wildman–Crippen MR) is 74.7 cm³/mol. The standard InChI is InChI=1S/C15H21N3/c1-15(2)10-13(17-3)7-8-18(15)14-6-4-5-12(9-14)11-16/h4-6,9,13,17H,7-8,10H2,1-3H3. The molecule has 0 radical (unpaired) electrons. The summed E-state index contributed by atoms with van der Waals surface area (Å²) >= 11 is 0. The molecule has 0 spiro atoms. The van der Waals surface area contributed by atoms with E-state index in [0.717, 1.165) is 30.6 Å². The quantitative estimate of drug-likeness (QED) is 0.867. The van der Waals surface area contributed by atoms with Crippen LogP contribution in [0.2, 0.25) is 0 Å². The molecule has 0 amide bonds. The SMILES string of the molecule is CNC1CCN(c2cccc(C#N)c2)C(C)(C)C1. The first-order valence-corrected chi connectivity index (χ1v) is 6.52. The smallest absolute Gasteiger partial charge is 0.0992 e. The fourth-order valence-corrected chi connectivity index (χ4v) is 2.87. The first-order valence-electron chi connectivity index (χ1n) is 6.52. The van der Waals surface area contributed by atoms with Gasteiger partial charge in [-0.25, -0.2) is 0 Å². The molecule has 0 aliphatic carbocycles. The minimum absolute atomic E-state index is 0.125. The lowest BCUT2D eigenvalue weighted by molar-refractivity contribution is 0.302. The van der Waals surface area contributed by atoms with E-state index in [1.54, 1.807) is 0 Å². The molecule has 1 aliphatic heterocycles. The molecule has 1 saturated heterocycles. The van der Waals surface area contributed by atoms with Crippen molar-refractivity contribution in [1.82, 2.24) is 5.32 Å². The molecule has 0 bridgehead atoms. The van der Waals surface area contributed by atoms with E-state index in [1.165, 1.54) is 0 Å². The van der Waals surface area contributed by atoms with E-state index in [2.05, 4.69) is 36.2 Å². The van der Waals surface area contributed by atoms with Crippen molar-refractivity contribution in [3.05, 3.63) is 29.8 Å². The van der Waals surface area contributed by atoms with Crippen molar-refractivity contribution in [1.29, 1.82) is 5.26 Å². The molecule has 3 nitrogen and oxygen atoms in total. The van der Waals surface area contributed by atoms with Gasteiger partial charge in [-0.15, -0.1) is 0 Å². The zero-order valence-electron chi connectivity index (χ0n) is 11.4. The molecule has 1 fully saturated rings. The minimum Gasteiger partial charge on any atom is -0.366 e. The molecule has 96 valence electrons. The van der Waals surface area contributed by atoms with Crippen LogP contribution >= 0.6 is 0 Å². The Balaban J connectivity index is 2.25. The Labute approximate surface area is 109 Å². The Bertz CT molecular complexity index is 459. The van der Waals surface area contributed by atoms with Crippen molar-refractivity contribution in [3.8, 4) is 6.07 Å². The van der Waals surface area contributed by atoms with Crippen LogP contribution in [0.25, 0.3) is 0 Å². The maximum atomic E-state index is 8.99.